The normalized spacial score (nSPS) is 16.9. The SMILES string of the molecule is COc1ccc(C2NCCc3nc4cc(Cl)ccn4c32)cc1OC. The van der Waals surface area contributed by atoms with Crippen LogP contribution in [-0.2, 0) is 6.42 Å². The zero-order chi connectivity index (χ0) is 16.7. The van der Waals surface area contributed by atoms with E-state index in [1.807, 2.05) is 30.5 Å². The zero-order valence-corrected chi connectivity index (χ0v) is 14.3. The van der Waals surface area contributed by atoms with Crippen molar-refractivity contribution in [1.82, 2.24) is 14.7 Å². The molecule has 0 fully saturated rings. The van der Waals surface area contributed by atoms with Crippen LogP contribution in [-0.4, -0.2) is 30.1 Å². The van der Waals surface area contributed by atoms with Gasteiger partial charge < -0.3 is 19.2 Å². The molecule has 1 N–H and O–H groups in total. The number of nitrogens with one attached hydrogen (secondary N) is 1. The largest absolute Gasteiger partial charge is 0.493 e. The third kappa shape index (κ3) is 2.41. The summed E-state index contributed by atoms with van der Waals surface area (Å²) in [4.78, 5) is 4.75. The minimum atomic E-state index is 0.0460. The molecule has 0 saturated heterocycles. The van der Waals surface area contributed by atoms with Gasteiger partial charge in [0.2, 0.25) is 0 Å². The number of halogens is 1. The van der Waals surface area contributed by atoms with Crippen molar-refractivity contribution in [1.29, 1.82) is 0 Å². The molecule has 124 valence electrons. The molecule has 3 aromatic rings. The van der Waals surface area contributed by atoms with E-state index in [1.165, 1.54) is 0 Å². The first-order valence-electron chi connectivity index (χ1n) is 7.83. The van der Waals surface area contributed by atoms with E-state index >= 15 is 0 Å². The van der Waals surface area contributed by atoms with Gasteiger partial charge in [0.15, 0.2) is 11.5 Å². The Kier molecular flexibility index (Phi) is 3.82. The van der Waals surface area contributed by atoms with E-state index in [2.05, 4.69) is 15.8 Å². The van der Waals surface area contributed by atoms with E-state index in [0.29, 0.717) is 5.02 Å². The van der Waals surface area contributed by atoms with Crippen molar-refractivity contribution in [2.75, 3.05) is 20.8 Å². The quantitative estimate of drug-likeness (QED) is 0.793. The van der Waals surface area contributed by atoms with Crippen LogP contribution in [0.15, 0.2) is 36.5 Å². The number of hydrogen-bond acceptors (Lipinski definition) is 4. The molecule has 0 aliphatic carbocycles. The van der Waals surface area contributed by atoms with Gasteiger partial charge in [0.05, 0.1) is 31.6 Å². The molecule has 0 radical (unpaired) electrons. The molecule has 0 saturated carbocycles. The summed E-state index contributed by atoms with van der Waals surface area (Å²) < 4.78 is 12.9. The van der Waals surface area contributed by atoms with Gasteiger partial charge in [-0.1, -0.05) is 17.7 Å². The van der Waals surface area contributed by atoms with E-state index in [0.717, 1.165) is 47.1 Å². The Labute approximate surface area is 145 Å². The van der Waals surface area contributed by atoms with Crippen LogP contribution in [0.5, 0.6) is 11.5 Å². The van der Waals surface area contributed by atoms with E-state index in [9.17, 15) is 0 Å². The number of rotatable bonds is 3. The average molecular weight is 344 g/mol. The fourth-order valence-corrected chi connectivity index (χ4v) is 3.47. The summed E-state index contributed by atoms with van der Waals surface area (Å²) in [6.45, 7) is 0.879. The van der Waals surface area contributed by atoms with E-state index in [-0.39, 0.29) is 6.04 Å². The lowest BCUT2D eigenvalue weighted by atomic mass is 9.97. The van der Waals surface area contributed by atoms with Crippen LogP contribution in [0, 0.1) is 0 Å². The van der Waals surface area contributed by atoms with Gasteiger partial charge in [-0.05, 0) is 23.8 Å². The summed E-state index contributed by atoms with van der Waals surface area (Å²) in [6, 6.07) is 9.83. The minimum Gasteiger partial charge on any atom is -0.493 e. The first-order valence-corrected chi connectivity index (χ1v) is 8.20. The standard InChI is InChI=1S/C18H18ClN3O2/c1-23-14-4-3-11(9-15(14)24-2)17-18-13(5-7-20-17)21-16-10-12(19)6-8-22(16)18/h3-4,6,8-10,17,20H,5,7H2,1-2H3. The third-order valence-electron chi connectivity index (χ3n) is 4.43. The van der Waals surface area contributed by atoms with Crippen LogP contribution < -0.4 is 14.8 Å². The van der Waals surface area contributed by atoms with Crippen molar-refractivity contribution in [3.8, 4) is 11.5 Å². The summed E-state index contributed by atoms with van der Waals surface area (Å²) in [6.07, 6.45) is 2.88. The van der Waals surface area contributed by atoms with Gasteiger partial charge in [-0.3, -0.25) is 0 Å². The molecule has 0 amide bonds. The lowest BCUT2D eigenvalue weighted by Gasteiger charge is -2.25. The highest BCUT2D eigenvalue weighted by atomic mass is 35.5. The van der Waals surface area contributed by atoms with Gasteiger partial charge >= 0.3 is 0 Å². The molecular weight excluding hydrogens is 326 g/mol. The second-order valence-electron chi connectivity index (χ2n) is 5.77. The molecule has 24 heavy (non-hydrogen) atoms. The number of ether oxygens (including phenoxy) is 2. The van der Waals surface area contributed by atoms with Gasteiger partial charge in [-0.2, -0.15) is 0 Å². The Balaban J connectivity index is 1.86. The Hall–Kier alpha value is -2.24. The molecule has 4 rings (SSSR count). The van der Waals surface area contributed by atoms with Crippen LogP contribution in [0.3, 0.4) is 0 Å². The maximum Gasteiger partial charge on any atom is 0.161 e. The molecule has 1 unspecified atom stereocenters. The number of aromatic nitrogens is 2. The molecule has 3 heterocycles. The topological polar surface area (TPSA) is 47.8 Å². The number of imidazole rings is 1. The monoisotopic (exact) mass is 343 g/mol. The van der Waals surface area contributed by atoms with Gasteiger partial charge in [-0.15, -0.1) is 0 Å². The molecule has 6 heteroatoms. The third-order valence-corrected chi connectivity index (χ3v) is 4.66. The molecule has 0 spiro atoms. The lowest BCUT2D eigenvalue weighted by Crippen LogP contribution is -2.31. The van der Waals surface area contributed by atoms with Crippen molar-refractivity contribution in [3.63, 3.8) is 0 Å². The number of methoxy groups -OCH3 is 2. The highest BCUT2D eigenvalue weighted by Crippen LogP contribution is 2.35. The van der Waals surface area contributed by atoms with Crippen molar-refractivity contribution in [2.45, 2.75) is 12.5 Å². The Morgan fingerprint density at radius 3 is 2.79 bits per heavy atom. The van der Waals surface area contributed by atoms with Crippen LogP contribution in [0.2, 0.25) is 5.02 Å². The molecule has 0 bridgehead atoms. The predicted octanol–water partition coefficient (Wildman–Crippen LogP) is 3.24. The molecular formula is C18H18ClN3O2. The average Bonchev–Trinajstić information content (AvgIpc) is 2.98. The van der Waals surface area contributed by atoms with E-state index in [4.69, 9.17) is 26.1 Å². The van der Waals surface area contributed by atoms with Gasteiger partial charge in [0.1, 0.15) is 5.65 Å². The summed E-state index contributed by atoms with van der Waals surface area (Å²) in [5.41, 5.74) is 4.25. The van der Waals surface area contributed by atoms with Gasteiger partial charge in [-0.25, -0.2) is 4.98 Å². The van der Waals surface area contributed by atoms with Crippen molar-refractivity contribution in [3.05, 3.63) is 58.5 Å². The number of fused-ring (bicyclic) bond motifs is 3. The second-order valence-corrected chi connectivity index (χ2v) is 6.20. The molecule has 5 nitrogen and oxygen atoms in total. The molecule has 2 aromatic heterocycles. The van der Waals surface area contributed by atoms with Crippen LogP contribution in [0.4, 0.5) is 0 Å². The maximum atomic E-state index is 6.11. The lowest BCUT2D eigenvalue weighted by molar-refractivity contribution is 0.354. The Morgan fingerprint density at radius 1 is 1.17 bits per heavy atom. The maximum absolute atomic E-state index is 6.11. The zero-order valence-electron chi connectivity index (χ0n) is 13.5. The highest BCUT2D eigenvalue weighted by molar-refractivity contribution is 6.30. The summed E-state index contributed by atoms with van der Waals surface area (Å²) >= 11 is 6.11. The fourth-order valence-electron chi connectivity index (χ4n) is 3.32. The summed E-state index contributed by atoms with van der Waals surface area (Å²) in [5.74, 6) is 1.45. The van der Waals surface area contributed by atoms with Crippen molar-refractivity contribution < 1.29 is 9.47 Å². The minimum absolute atomic E-state index is 0.0460. The van der Waals surface area contributed by atoms with E-state index < -0.39 is 0 Å². The fraction of sp³-hybridized carbons (Fsp3) is 0.278. The van der Waals surface area contributed by atoms with Gasteiger partial charge in [0, 0.05) is 30.3 Å². The first-order chi connectivity index (χ1) is 11.7. The van der Waals surface area contributed by atoms with E-state index in [1.54, 1.807) is 14.2 Å². The number of pyridine rings is 1. The second kappa shape index (κ2) is 6.00. The molecule has 1 atom stereocenters. The van der Waals surface area contributed by atoms with Crippen molar-refractivity contribution in [2.24, 2.45) is 0 Å². The Bertz CT molecular complexity index is 907. The van der Waals surface area contributed by atoms with Crippen LogP contribution >= 0.6 is 11.6 Å². The number of benzene rings is 1. The number of hydrogen-bond donors (Lipinski definition) is 1. The first kappa shape index (κ1) is 15.3. The Morgan fingerprint density at radius 2 is 2.00 bits per heavy atom. The van der Waals surface area contributed by atoms with Gasteiger partial charge in [0.25, 0.3) is 0 Å². The summed E-state index contributed by atoms with van der Waals surface area (Å²) in [5, 5.41) is 4.28. The van der Waals surface area contributed by atoms with Crippen LogP contribution in [0.1, 0.15) is 23.0 Å². The molecule has 1 aliphatic heterocycles. The molecule has 1 aromatic carbocycles. The van der Waals surface area contributed by atoms with Crippen molar-refractivity contribution >= 4 is 17.2 Å². The smallest absolute Gasteiger partial charge is 0.161 e. The highest BCUT2D eigenvalue weighted by Gasteiger charge is 2.27. The van der Waals surface area contributed by atoms with Crippen LogP contribution in [0.25, 0.3) is 5.65 Å². The predicted molar refractivity (Wildman–Crippen MR) is 93.3 cm³/mol. The molecule has 1 aliphatic rings. The number of nitrogens with zero attached hydrogens (tertiary/aromatic N) is 2. The summed E-state index contributed by atoms with van der Waals surface area (Å²) in [7, 11) is 3.29.